The van der Waals surface area contributed by atoms with E-state index in [4.69, 9.17) is 16.3 Å². The van der Waals surface area contributed by atoms with Crippen LogP contribution in [0.2, 0.25) is 5.02 Å². The molecule has 0 aliphatic rings. The molecule has 0 amide bonds. The first-order valence-electron chi connectivity index (χ1n) is 6.40. The summed E-state index contributed by atoms with van der Waals surface area (Å²) in [5, 5.41) is 13.0. The van der Waals surface area contributed by atoms with Crippen LogP contribution in [-0.4, -0.2) is 6.54 Å². The Morgan fingerprint density at radius 1 is 1.20 bits per heavy atom. The lowest BCUT2D eigenvalue weighted by Crippen LogP contribution is -2.11. The largest absolute Gasteiger partial charge is 0.454 e. The fraction of sp³-hybridized carbons (Fsp3) is 0.188. The van der Waals surface area contributed by atoms with Crippen molar-refractivity contribution in [2.45, 2.75) is 13.5 Å². The van der Waals surface area contributed by atoms with Crippen LogP contribution in [0.4, 0.5) is 0 Å². The third-order valence-electron chi connectivity index (χ3n) is 2.80. The highest BCUT2D eigenvalue weighted by Crippen LogP contribution is 2.31. The Hall–Kier alpha value is -2.02. The van der Waals surface area contributed by atoms with Gasteiger partial charge in [0, 0.05) is 6.54 Å². The summed E-state index contributed by atoms with van der Waals surface area (Å²) in [6.07, 6.45) is 0. The van der Waals surface area contributed by atoms with E-state index < -0.39 is 0 Å². The number of rotatable bonds is 5. The second kappa shape index (κ2) is 6.95. The fourth-order valence-electron chi connectivity index (χ4n) is 1.78. The van der Waals surface area contributed by atoms with E-state index in [0.29, 0.717) is 22.1 Å². The average Bonchev–Trinajstić information content (AvgIpc) is 2.48. The van der Waals surface area contributed by atoms with Crippen LogP contribution in [-0.2, 0) is 6.54 Å². The van der Waals surface area contributed by atoms with Gasteiger partial charge in [0.2, 0.25) is 0 Å². The molecule has 2 aromatic carbocycles. The summed E-state index contributed by atoms with van der Waals surface area (Å²) < 4.78 is 5.72. The van der Waals surface area contributed by atoms with E-state index in [0.717, 1.165) is 18.7 Å². The predicted molar refractivity (Wildman–Crippen MR) is 80.1 cm³/mol. The molecule has 0 aliphatic heterocycles. The summed E-state index contributed by atoms with van der Waals surface area (Å²) in [7, 11) is 0. The van der Waals surface area contributed by atoms with Gasteiger partial charge in [-0.15, -0.1) is 0 Å². The minimum Gasteiger partial charge on any atom is -0.454 e. The number of ether oxygens (including phenoxy) is 1. The maximum atomic E-state index is 9.23. The molecule has 0 heterocycles. The highest BCUT2D eigenvalue weighted by Gasteiger charge is 2.08. The van der Waals surface area contributed by atoms with E-state index in [1.807, 2.05) is 31.2 Å². The number of halogens is 1. The van der Waals surface area contributed by atoms with Gasteiger partial charge in [-0.25, -0.2) is 0 Å². The molecule has 1 N–H and O–H groups in total. The van der Waals surface area contributed by atoms with Crippen molar-refractivity contribution in [1.82, 2.24) is 5.32 Å². The van der Waals surface area contributed by atoms with E-state index in [1.165, 1.54) is 0 Å². The van der Waals surface area contributed by atoms with Gasteiger partial charge in [0.25, 0.3) is 0 Å². The van der Waals surface area contributed by atoms with Crippen molar-refractivity contribution in [1.29, 1.82) is 5.26 Å². The van der Waals surface area contributed by atoms with E-state index in [2.05, 4.69) is 11.4 Å². The number of para-hydroxylation sites is 1. The Labute approximate surface area is 123 Å². The maximum Gasteiger partial charge on any atom is 0.146 e. The monoisotopic (exact) mass is 286 g/mol. The molecule has 0 fully saturated rings. The van der Waals surface area contributed by atoms with Gasteiger partial charge in [-0.05, 0) is 36.4 Å². The summed E-state index contributed by atoms with van der Waals surface area (Å²) in [5.74, 6) is 1.06. The highest BCUT2D eigenvalue weighted by molar-refractivity contribution is 6.32. The van der Waals surface area contributed by atoms with Crippen LogP contribution >= 0.6 is 11.6 Å². The smallest absolute Gasteiger partial charge is 0.146 e. The van der Waals surface area contributed by atoms with Crippen LogP contribution < -0.4 is 10.1 Å². The number of nitrogens with one attached hydrogen (secondary N) is 1. The first-order valence-corrected chi connectivity index (χ1v) is 6.78. The van der Waals surface area contributed by atoms with Gasteiger partial charge >= 0.3 is 0 Å². The number of hydrogen-bond acceptors (Lipinski definition) is 3. The van der Waals surface area contributed by atoms with Gasteiger partial charge in [-0.3, -0.25) is 0 Å². The van der Waals surface area contributed by atoms with E-state index >= 15 is 0 Å². The third kappa shape index (κ3) is 3.51. The Bertz CT molecular complexity index is 635. The first-order chi connectivity index (χ1) is 9.74. The summed E-state index contributed by atoms with van der Waals surface area (Å²) >= 11 is 6.05. The summed E-state index contributed by atoms with van der Waals surface area (Å²) in [6, 6.07) is 14.9. The minimum atomic E-state index is 0.500. The predicted octanol–water partition coefficient (Wildman–Crippen LogP) is 4.11. The molecule has 0 saturated heterocycles. The van der Waals surface area contributed by atoms with Crippen molar-refractivity contribution in [3.8, 4) is 17.6 Å². The van der Waals surface area contributed by atoms with Crippen molar-refractivity contribution in [2.75, 3.05) is 6.54 Å². The molecular formula is C16H15ClN2O. The molecule has 0 spiro atoms. The molecule has 0 radical (unpaired) electrons. The van der Waals surface area contributed by atoms with Gasteiger partial charge < -0.3 is 10.1 Å². The zero-order valence-electron chi connectivity index (χ0n) is 11.2. The lowest BCUT2D eigenvalue weighted by atomic mass is 10.1. The molecule has 3 nitrogen and oxygen atoms in total. The van der Waals surface area contributed by atoms with E-state index in [-0.39, 0.29) is 0 Å². The fourth-order valence-corrected chi connectivity index (χ4v) is 1.95. The number of hydrogen-bond donors (Lipinski definition) is 1. The minimum absolute atomic E-state index is 0.500. The Morgan fingerprint density at radius 2 is 2.00 bits per heavy atom. The molecule has 4 heteroatoms. The zero-order chi connectivity index (χ0) is 14.4. The zero-order valence-corrected chi connectivity index (χ0v) is 11.9. The molecule has 0 atom stereocenters. The van der Waals surface area contributed by atoms with Crippen LogP contribution in [0.1, 0.15) is 18.1 Å². The molecule has 2 rings (SSSR count). The molecule has 0 aliphatic carbocycles. The summed E-state index contributed by atoms with van der Waals surface area (Å²) in [4.78, 5) is 0. The second-order valence-corrected chi connectivity index (χ2v) is 4.66. The molecule has 0 saturated carbocycles. The molecule has 0 aromatic heterocycles. The van der Waals surface area contributed by atoms with Gasteiger partial charge in [-0.2, -0.15) is 5.26 Å². The van der Waals surface area contributed by atoms with E-state index in [1.54, 1.807) is 18.2 Å². The van der Waals surface area contributed by atoms with E-state index in [9.17, 15) is 5.26 Å². The van der Waals surface area contributed by atoms with Crippen LogP contribution in [0.3, 0.4) is 0 Å². The Kier molecular flexibility index (Phi) is 5.00. The van der Waals surface area contributed by atoms with Crippen molar-refractivity contribution < 1.29 is 4.74 Å². The Morgan fingerprint density at radius 3 is 2.70 bits per heavy atom. The van der Waals surface area contributed by atoms with Gasteiger partial charge in [-0.1, -0.05) is 36.7 Å². The molecule has 0 bridgehead atoms. The van der Waals surface area contributed by atoms with Crippen LogP contribution in [0.15, 0.2) is 42.5 Å². The Balaban J connectivity index is 2.24. The van der Waals surface area contributed by atoms with Crippen molar-refractivity contribution in [2.24, 2.45) is 0 Å². The van der Waals surface area contributed by atoms with Gasteiger partial charge in [0.05, 0.1) is 10.6 Å². The SMILES string of the molecule is CCNCc1ccc(Oc2ccccc2Cl)c(C#N)c1. The topological polar surface area (TPSA) is 45.0 Å². The standard InChI is InChI=1S/C16H15ClN2O/c1-2-19-11-12-7-8-15(13(9-12)10-18)20-16-6-4-3-5-14(16)17/h3-9,19H,2,11H2,1H3. The average molecular weight is 287 g/mol. The molecule has 2 aromatic rings. The molecule has 0 unspecified atom stereocenters. The second-order valence-electron chi connectivity index (χ2n) is 4.26. The molecule has 20 heavy (non-hydrogen) atoms. The number of benzene rings is 2. The third-order valence-corrected chi connectivity index (χ3v) is 3.11. The van der Waals surface area contributed by atoms with Crippen molar-refractivity contribution >= 4 is 11.6 Å². The lowest BCUT2D eigenvalue weighted by Gasteiger charge is -2.10. The molecule has 102 valence electrons. The normalized spacial score (nSPS) is 10.1. The van der Waals surface area contributed by atoms with Crippen molar-refractivity contribution in [3.05, 3.63) is 58.6 Å². The maximum absolute atomic E-state index is 9.23. The number of nitrogens with zero attached hydrogens (tertiary/aromatic N) is 1. The van der Waals surface area contributed by atoms with Crippen LogP contribution in [0.5, 0.6) is 11.5 Å². The highest BCUT2D eigenvalue weighted by atomic mass is 35.5. The summed E-state index contributed by atoms with van der Waals surface area (Å²) in [6.45, 7) is 3.66. The molecular weight excluding hydrogens is 272 g/mol. The van der Waals surface area contributed by atoms with Crippen LogP contribution in [0, 0.1) is 11.3 Å². The quantitative estimate of drug-likeness (QED) is 0.899. The first kappa shape index (κ1) is 14.4. The number of nitriles is 1. The van der Waals surface area contributed by atoms with Gasteiger partial charge in [0.1, 0.15) is 17.6 Å². The van der Waals surface area contributed by atoms with Crippen LogP contribution in [0.25, 0.3) is 0 Å². The van der Waals surface area contributed by atoms with Crippen molar-refractivity contribution in [3.63, 3.8) is 0 Å². The summed E-state index contributed by atoms with van der Waals surface area (Å²) in [5.41, 5.74) is 1.55. The lowest BCUT2D eigenvalue weighted by molar-refractivity contribution is 0.481. The van der Waals surface area contributed by atoms with Gasteiger partial charge in [0.15, 0.2) is 0 Å².